The van der Waals surface area contributed by atoms with Gasteiger partial charge in [-0.15, -0.1) is 16.8 Å². The number of aryl methyl sites for hydroxylation is 1. The number of nitrogens with zero attached hydrogens (tertiary/aromatic N) is 3. The molecule has 8 heteroatoms. The Morgan fingerprint density at radius 1 is 1.18 bits per heavy atom. The van der Waals surface area contributed by atoms with Crippen LogP contribution < -0.4 is 9.47 Å². The Labute approximate surface area is 208 Å². The van der Waals surface area contributed by atoms with Gasteiger partial charge in [-0.2, -0.15) is 0 Å². The van der Waals surface area contributed by atoms with E-state index in [1.54, 1.807) is 6.08 Å². The summed E-state index contributed by atoms with van der Waals surface area (Å²) in [7, 11) is 0. The first kappa shape index (κ1) is 25.3. The minimum atomic E-state index is -0.655. The SMILES string of the molecule is C=CCn1c(COc2ccc(C(C)C)c(C)c2)nnc1SCC(O)COc1ccccc1Br. The van der Waals surface area contributed by atoms with E-state index in [-0.39, 0.29) is 6.61 Å². The summed E-state index contributed by atoms with van der Waals surface area (Å²) in [5.74, 6) is 3.12. The normalized spacial score (nSPS) is 12.1. The topological polar surface area (TPSA) is 69.4 Å². The first-order valence-corrected chi connectivity index (χ1v) is 12.6. The maximum absolute atomic E-state index is 10.4. The molecule has 1 aromatic heterocycles. The predicted octanol–water partition coefficient (Wildman–Crippen LogP) is 5.77. The van der Waals surface area contributed by atoms with Crippen LogP contribution in [0.3, 0.4) is 0 Å². The molecule has 1 atom stereocenters. The van der Waals surface area contributed by atoms with Gasteiger partial charge in [0, 0.05) is 12.3 Å². The van der Waals surface area contributed by atoms with Crippen LogP contribution in [0.2, 0.25) is 0 Å². The number of allylic oxidation sites excluding steroid dienone is 1. The smallest absolute Gasteiger partial charge is 0.191 e. The Morgan fingerprint density at radius 3 is 2.67 bits per heavy atom. The van der Waals surface area contributed by atoms with Crippen LogP contribution in [0.5, 0.6) is 11.5 Å². The van der Waals surface area contributed by atoms with Crippen molar-refractivity contribution in [3.8, 4) is 11.5 Å². The van der Waals surface area contributed by atoms with E-state index in [1.807, 2.05) is 34.9 Å². The van der Waals surface area contributed by atoms with Crippen molar-refractivity contribution in [1.29, 1.82) is 0 Å². The Hall–Kier alpha value is -2.29. The van der Waals surface area contributed by atoms with Gasteiger partial charge >= 0.3 is 0 Å². The lowest BCUT2D eigenvalue weighted by Gasteiger charge is -2.14. The molecule has 0 spiro atoms. The lowest BCUT2D eigenvalue weighted by Crippen LogP contribution is -2.20. The van der Waals surface area contributed by atoms with E-state index in [0.717, 1.165) is 10.2 Å². The number of para-hydroxylation sites is 1. The first-order chi connectivity index (χ1) is 15.9. The lowest BCUT2D eigenvalue weighted by molar-refractivity contribution is 0.126. The Kier molecular flexibility index (Phi) is 9.41. The molecule has 0 aliphatic rings. The number of rotatable bonds is 12. The van der Waals surface area contributed by atoms with E-state index in [1.165, 1.54) is 22.9 Å². The zero-order chi connectivity index (χ0) is 23.8. The maximum atomic E-state index is 10.4. The zero-order valence-corrected chi connectivity index (χ0v) is 21.6. The monoisotopic (exact) mass is 531 g/mol. The molecule has 0 aliphatic carbocycles. The van der Waals surface area contributed by atoms with Gasteiger partial charge in [-0.05, 0) is 64.2 Å². The summed E-state index contributed by atoms with van der Waals surface area (Å²) >= 11 is 4.87. The molecule has 0 saturated carbocycles. The average Bonchev–Trinajstić information content (AvgIpc) is 3.17. The molecule has 1 N–H and O–H groups in total. The van der Waals surface area contributed by atoms with Crippen LogP contribution in [0.4, 0.5) is 0 Å². The summed E-state index contributed by atoms with van der Waals surface area (Å²) in [6, 6.07) is 13.7. The third kappa shape index (κ3) is 7.09. The summed E-state index contributed by atoms with van der Waals surface area (Å²) in [5.41, 5.74) is 2.53. The van der Waals surface area contributed by atoms with E-state index in [4.69, 9.17) is 9.47 Å². The fourth-order valence-electron chi connectivity index (χ4n) is 3.35. The van der Waals surface area contributed by atoms with Gasteiger partial charge in [-0.1, -0.05) is 49.9 Å². The van der Waals surface area contributed by atoms with Crippen molar-refractivity contribution in [2.45, 2.75) is 51.1 Å². The van der Waals surface area contributed by atoms with Crippen LogP contribution in [-0.4, -0.2) is 38.3 Å². The quantitative estimate of drug-likeness (QED) is 0.236. The lowest BCUT2D eigenvalue weighted by atomic mass is 9.98. The van der Waals surface area contributed by atoms with E-state index >= 15 is 0 Å². The number of ether oxygens (including phenoxy) is 2. The molecule has 1 unspecified atom stereocenters. The molecule has 0 amide bonds. The molecular weight excluding hydrogens is 502 g/mol. The van der Waals surface area contributed by atoms with E-state index in [9.17, 15) is 5.11 Å². The van der Waals surface area contributed by atoms with Crippen molar-refractivity contribution in [1.82, 2.24) is 14.8 Å². The van der Waals surface area contributed by atoms with E-state index < -0.39 is 6.10 Å². The first-order valence-electron chi connectivity index (χ1n) is 10.8. The molecule has 0 fully saturated rings. The van der Waals surface area contributed by atoms with Crippen LogP contribution in [0.1, 0.15) is 36.7 Å². The van der Waals surface area contributed by atoms with Crippen LogP contribution in [0, 0.1) is 6.92 Å². The highest BCUT2D eigenvalue weighted by atomic mass is 79.9. The van der Waals surface area contributed by atoms with Crippen molar-refractivity contribution in [2.24, 2.45) is 0 Å². The summed E-state index contributed by atoms with van der Waals surface area (Å²) in [5, 5.41) is 19.7. The van der Waals surface area contributed by atoms with E-state index in [0.29, 0.717) is 41.6 Å². The summed E-state index contributed by atoms with van der Waals surface area (Å²) in [6.45, 7) is 11.4. The molecule has 0 saturated heterocycles. The highest BCUT2D eigenvalue weighted by Crippen LogP contribution is 2.26. The largest absolute Gasteiger partial charge is 0.490 e. The summed E-state index contributed by atoms with van der Waals surface area (Å²) in [6.07, 6.45) is 1.14. The number of hydrogen-bond donors (Lipinski definition) is 1. The second kappa shape index (κ2) is 12.3. The second-order valence-corrected chi connectivity index (χ2v) is 9.81. The summed E-state index contributed by atoms with van der Waals surface area (Å²) in [4.78, 5) is 0. The van der Waals surface area contributed by atoms with Gasteiger partial charge in [0.25, 0.3) is 0 Å². The molecule has 3 aromatic rings. The fraction of sp³-hybridized carbons (Fsp3) is 0.360. The van der Waals surface area contributed by atoms with Crippen LogP contribution in [0.15, 0.2) is 64.7 Å². The Balaban J connectivity index is 1.58. The third-order valence-corrected chi connectivity index (χ3v) is 6.78. The van der Waals surface area contributed by atoms with Gasteiger partial charge in [-0.3, -0.25) is 4.57 Å². The van der Waals surface area contributed by atoms with Gasteiger partial charge in [0.2, 0.25) is 0 Å². The highest BCUT2D eigenvalue weighted by Gasteiger charge is 2.15. The minimum absolute atomic E-state index is 0.187. The maximum Gasteiger partial charge on any atom is 0.191 e. The Bertz CT molecular complexity index is 1070. The van der Waals surface area contributed by atoms with E-state index in [2.05, 4.69) is 65.6 Å². The minimum Gasteiger partial charge on any atom is -0.490 e. The molecular formula is C25H30BrN3O3S. The van der Waals surface area contributed by atoms with Crippen molar-refractivity contribution in [3.63, 3.8) is 0 Å². The highest BCUT2D eigenvalue weighted by molar-refractivity contribution is 9.10. The standard InChI is InChI=1S/C25H30BrN3O3S/c1-5-12-29-24(15-31-20-10-11-21(17(2)3)18(4)13-20)27-28-25(29)33-16-19(30)14-32-23-9-7-6-8-22(23)26/h5-11,13,17,19,30H,1,12,14-16H2,2-4H3. The number of aliphatic hydroxyl groups is 1. The van der Waals surface area contributed by atoms with Gasteiger partial charge in [0.1, 0.15) is 24.7 Å². The van der Waals surface area contributed by atoms with Crippen LogP contribution >= 0.6 is 27.7 Å². The molecule has 1 heterocycles. The predicted molar refractivity (Wildman–Crippen MR) is 136 cm³/mol. The van der Waals surface area contributed by atoms with Crippen molar-refractivity contribution < 1.29 is 14.6 Å². The molecule has 176 valence electrons. The number of thioether (sulfide) groups is 1. The molecule has 0 radical (unpaired) electrons. The van der Waals surface area contributed by atoms with Crippen LogP contribution in [0.25, 0.3) is 0 Å². The second-order valence-electron chi connectivity index (χ2n) is 7.97. The van der Waals surface area contributed by atoms with Gasteiger partial charge in [-0.25, -0.2) is 0 Å². The van der Waals surface area contributed by atoms with Gasteiger partial charge in [0.05, 0.1) is 10.6 Å². The van der Waals surface area contributed by atoms with Crippen molar-refractivity contribution in [2.75, 3.05) is 12.4 Å². The van der Waals surface area contributed by atoms with Gasteiger partial charge < -0.3 is 14.6 Å². The molecule has 0 aliphatic heterocycles. The number of aromatic nitrogens is 3. The molecule has 33 heavy (non-hydrogen) atoms. The number of benzene rings is 2. The molecule has 0 bridgehead atoms. The van der Waals surface area contributed by atoms with Gasteiger partial charge in [0.15, 0.2) is 11.0 Å². The fourth-order valence-corrected chi connectivity index (χ4v) is 4.62. The number of halogens is 1. The molecule has 2 aromatic carbocycles. The zero-order valence-electron chi connectivity index (χ0n) is 19.2. The van der Waals surface area contributed by atoms with Crippen molar-refractivity contribution in [3.05, 3.63) is 76.5 Å². The number of hydrogen-bond acceptors (Lipinski definition) is 6. The Morgan fingerprint density at radius 2 is 1.97 bits per heavy atom. The molecule has 6 nitrogen and oxygen atoms in total. The molecule has 3 rings (SSSR count). The van der Waals surface area contributed by atoms with Crippen molar-refractivity contribution >= 4 is 27.7 Å². The third-order valence-electron chi connectivity index (χ3n) is 5.01. The number of aliphatic hydroxyl groups excluding tert-OH is 1. The van der Waals surface area contributed by atoms with Crippen LogP contribution in [-0.2, 0) is 13.2 Å². The average molecular weight is 533 g/mol. The summed E-state index contributed by atoms with van der Waals surface area (Å²) < 4.78 is 14.5.